The number of nitrogens with one attached hydrogen (secondary N) is 2. The van der Waals surface area contributed by atoms with E-state index in [0.717, 1.165) is 25.5 Å². The molecule has 0 saturated carbocycles. The van der Waals surface area contributed by atoms with Gasteiger partial charge in [0.05, 0.1) is 6.54 Å². The van der Waals surface area contributed by atoms with Gasteiger partial charge in [0.1, 0.15) is 5.82 Å². The normalized spacial score (nSPS) is 13.0. The van der Waals surface area contributed by atoms with Crippen molar-refractivity contribution in [2.75, 3.05) is 13.1 Å². The Bertz CT molecular complexity index is 274. The summed E-state index contributed by atoms with van der Waals surface area (Å²) in [5.41, 5.74) is 0. The molecule has 1 aromatic heterocycles. The van der Waals surface area contributed by atoms with Crippen LogP contribution < -0.4 is 10.6 Å². The Morgan fingerprint density at radius 3 is 2.44 bits per heavy atom. The molecule has 1 atom stereocenters. The van der Waals surface area contributed by atoms with E-state index in [4.69, 9.17) is 0 Å². The Hall–Kier alpha value is -1.00. The van der Waals surface area contributed by atoms with Crippen molar-refractivity contribution >= 4 is 0 Å². The van der Waals surface area contributed by atoms with E-state index in [9.17, 15) is 0 Å². The molecule has 0 aliphatic rings. The van der Waals surface area contributed by atoms with Crippen LogP contribution >= 0.6 is 0 Å². The van der Waals surface area contributed by atoms with Gasteiger partial charge in [-0.05, 0) is 25.5 Å². The summed E-state index contributed by atoms with van der Waals surface area (Å²) in [6.07, 6.45) is 3.54. The standard InChI is InChI=1S/C12H22N4/c1-10(2)7-13-8-11(3)16-9-12-14-5-4-6-15-12/h4-6,10-11,13,16H,7-9H2,1-3H3. The van der Waals surface area contributed by atoms with Crippen LogP contribution in [0, 0.1) is 5.92 Å². The van der Waals surface area contributed by atoms with Crippen LogP contribution in [0.15, 0.2) is 18.5 Å². The van der Waals surface area contributed by atoms with Gasteiger partial charge >= 0.3 is 0 Å². The average Bonchev–Trinajstić information content (AvgIpc) is 2.27. The molecule has 1 aromatic rings. The average molecular weight is 222 g/mol. The maximum atomic E-state index is 4.17. The maximum absolute atomic E-state index is 4.17. The van der Waals surface area contributed by atoms with Gasteiger partial charge in [-0.1, -0.05) is 13.8 Å². The molecule has 0 fully saturated rings. The molecule has 0 saturated heterocycles. The van der Waals surface area contributed by atoms with Gasteiger partial charge in [0.25, 0.3) is 0 Å². The Balaban J connectivity index is 2.13. The van der Waals surface area contributed by atoms with Crippen molar-refractivity contribution in [1.82, 2.24) is 20.6 Å². The van der Waals surface area contributed by atoms with E-state index in [1.54, 1.807) is 12.4 Å². The Morgan fingerprint density at radius 2 is 1.81 bits per heavy atom. The molecule has 1 rings (SSSR count). The van der Waals surface area contributed by atoms with E-state index in [2.05, 4.69) is 41.4 Å². The second-order valence-electron chi connectivity index (χ2n) is 4.50. The lowest BCUT2D eigenvalue weighted by atomic mass is 10.2. The molecule has 90 valence electrons. The molecule has 1 unspecified atom stereocenters. The summed E-state index contributed by atoms with van der Waals surface area (Å²) in [6.45, 7) is 9.35. The van der Waals surface area contributed by atoms with Crippen molar-refractivity contribution < 1.29 is 0 Å². The lowest BCUT2D eigenvalue weighted by Gasteiger charge is -2.15. The highest BCUT2D eigenvalue weighted by Gasteiger charge is 2.02. The third kappa shape index (κ3) is 5.78. The van der Waals surface area contributed by atoms with Gasteiger partial charge in [0.15, 0.2) is 0 Å². The third-order valence-corrected chi connectivity index (χ3v) is 2.23. The first kappa shape index (κ1) is 13.1. The van der Waals surface area contributed by atoms with Gasteiger partial charge in [-0.15, -0.1) is 0 Å². The van der Waals surface area contributed by atoms with E-state index in [0.29, 0.717) is 12.0 Å². The van der Waals surface area contributed by atoms with Crippen LogP contribution in [0.2, 0.25) is 0 Å². The summed E-state index contributed by atoms with van der Waals surface area (Å²) in [5, 5.41) is 6.80. The van der Waals surface area contributed by atoms with Crippen LogP contribution in [-0.4, -0.2) is 29.1 Å². The fraction of sp³-hybridized carbons (Fsp3) is 0.667. The number of hydrogen-bond acceptors (Lipinski definition) is 4. The lowest BCUT2D eigenvalue weighted by Crippen LogP contribution is -2.37. The molecule has 4 heteroatoms. The van der Waals surface area contributed by atoms with Crippen molar-refractivity contribution in [1.29, 1.82) is 0 Å². The number of hydrogen-bond donors (Lipinski definition) is 2. The molecule has 0 bridgehead atoms. The zero-order valence-corrected chi connectivity index (χ0v) is 10.4. The summed E-state index contributed by atoms with van der Waals surface area (Å²) in [4.78, 5) is 8.33. The maximum Gasteiger partial charge on any atom is 0.141 e. The van der Waals surface area contributed by atoms with Crippen LogP contribution in [0.5, 0.6) is 0 Å². The smallest absolute Gasteiger partial charge is 0.141 e. The van der Waals surface area contributed by atoms with Crippen molar-refractivity contribution in [3.05, 3.63) is 24.3 Å². The van der Waals surface area contributed by atoms with Crippen molar-refractivity contribution in [2.45, 2.75) is 33.4 Å². The SMILES string of the molecule is CC(C)CNCC(C)NCc1ncccn1. The molecule has 2 N–H and O–H groups in total. The molecule has 0 amide bonds. The van der Waals surface area contributed by atoms with E-state index < -0.39 is 0 Å². The van der Waals surface area contributed by atoms with Crippen LogP contribution in [-0.2, 0) is 6.54 Å². The first-order valence-corrected chi connectivity index (χ1v) is 5.88. The van der Waals surface area contributed by atoms with Gasteiger partial charge in [-0.3, -0.25) is 0 Å². The third-order valence-electron chi connectivity index (χ3n) is 2.23. The van der Waals surface area contributed by atoms with E-state index in [1.165, 1.54) is 0 Å². The highest BCUT2D eigenvalue weighted by atomic mass is 15.0. The highest BCUT2D eigenvalue weighted by Crippen LogP contribution is 1.90. The quantitative estimate of drug-likeness (QED) is 0.728. The van der Waals surface area contributed by atoms with Crippen molar-refractivity contribution in [2.24, 2.45) is 5.92 Å². The second kappa shape index (κ2) is 7.30. The molecular weight excluding hydrogens is 200 g/mol. The summed E-state index contributed by atoms with van der Waals surface area (Å²) in [5.74, 6) is 1.54. The minimum atomic E-state index is 0.433. The largest absolute Gasteiger partial charge is 0.315 e. The Labute approximate surface area is 97.9 Å². The predicted octanol–water partition coefficient (Wildman–Crippen LogP) is 1.20. The molecule has 0 aliphatic carbocycles. The monoisotopic (exact) mass is 222 g/mol. The minimum Gasteiger partial charge on any atom is -0.315 e. The molecule has 0 spiro atoms. The van der Waals surface area contributed by atoms with Crippen molar-refractivity contribution in [3.63, 3.8) is 0 Å². The molecule has 1 heterocycles. The molecule has 0 radical (unpaired) electrons. The number of aromatic nitrogens is 2. The van der Waals surface area contributed by atoms with E-state index >= 15 is 0 Å². The van der Waals surface area contributed by atoms with Crippen LogP contribution in [0.4, 0.5) is 0 Å². The number of nitrogens with zero attached hydrogens (tertiary/aromatic N) is 2. The molecular formula is C12H22N4. The van der Waals surface area contributed by atoms with Gasteiger partial charge in [-0.25, -0.2) is 9.97 Å². The fourth-order valence-corrected chi connectivity index (χ4v) is 1.35. The summed E-state index contributed by atoms with van der Waals surface area (Å²) in [6, 6.07) is 2.26. The first-order chi connectivity index (χ1) is 7.68. The minimum absolute atomic E-state index is 0.433. The Kier molecular flexibility index (Phi) is 5.96. The van der Waals surface area contributed by atoms with Crippen LogP contribution in [0.25, 0.3) is 0 Å². The fourth-order valence-electron chi connectivity index (χ4n) is 1.35. The van der Waals surface area contributed by atoms with Gasteiger partial charge < -0.3 is 10.6 Å². The molecule has 0 aliphatic heterocycles. The molecule has 4 nitrogen and oxygen atoms in total. The zero-order chi connectivity index (χ0) is 11.8. The first-order valence-electron chi connectivity index (χ1n) is 5.88. The number of rotatable bonds is 7. The van der Waals surface area contributed by atoms with Crippen LogP contribution in [0.1, 0.15) is 26.6 Å². The topological polar surface area (TPSA) is 49.8 Å². The Morgan fingerprint density at radius 1 is 1.12 bits per heavy atom. The van der Waals surface area contributed by atoms with Gasteiger partial charge in [0.2, 0.25) is 0 Å². The zero-order valence-electron chi connectivity index (χ0n) is 10.4. The second-order valence-corrected chi connectivity index (χ2v) is 4.50. The summed E-state index contributed by atoms with van der Waals surface area (Å²) >= 11 is 0. The van der Waals surface area contributed by atoms with E-state index in [1.807, 2.05) is 6.07 Å². The van der Waals surface area contributed by atoms with Crippen molar-refractivity contribution in [3.8, 4) is 0 Å². The van der Waals surface area contributed by atoms with Crippen LogP contribution in [0.3, 0.4) is 0 Å². The van der Waals surface area contributed by atoms with Gasteiger partial charge in [-0.2, -0.15) is 0 Å². The molecule has 16 heavy (non-hydrogen) atoms. The van der Waals surface area contributed by atoms with E-state index in [-0.39, 0.29) is 0 Å². The highest BCUT2D eigenvalue weighted by molar-refractivity contribution is 4.88. The lowest BCUT2D eigenvalue weighted by molar-refractivity contribution is 0.467. The van der Waals surface area contributed by atoms with Gasteiger partial charge in [0, 0.05) is 25.0 Å². The predicted molar refractivity (Wildman–Crippen MR) is 66.0 cm³/mol. The molecule has 0 aromatic carbocycles. The summed E-state index contributed by atoms with van der Waals surface area (Å²) in [7, 11) is 0. The summed E-state index contributed by atoms with van der Waals surface area (Å²) < 4.78 is 0.